The maximum absolute atomic E-state index is 13.0. The summed E-state index contributed by atoms with van der Waals surface area (Å²) >= 11 is 0. The van der Waals surface area contributed by atoms with Crippen LogP contribution in [0.1, 0.15) is 56.3 Å². The molecule has 6 heteroatoms. The van der Waals surface area contributed by atoms with Crippen molar-refractivity contribution in [1.29, 1.82) is 0 Å². The first-order valence-electron chi connectivity index (χ1n) is 10.8. The van der Waals surface area contributed by atoms with Crippen molar-refractivity contribution < 1.29 is 9.59 Å². The second kappa shape index (κ2) is 9.92. The lowest BCUT2D eigenvalue weighted by molar-refractivity contribution is -0.122. The number of hydrogen-bond acceptors (Lipinski definition) is 4. The number of anilines is 2. The largest absolute Gasteiger partial charge is 0.371 e. The molecule has 1 saturated carbocycles. The molecule has 0 bridgehead atoms. The van der Waals surface area contributed by atoms with E-state index in [1.807, 2.05) is 18.2 Å². The van der Waals surface area contributed by atoms with E-state index >= 15 is 0 Å². The molecule has 1 heterocycles. The number of nitrogens with one attached hydrogen (secondary N) is 2. The fourth-order valence-electron chi connectivity index (χ4n) is 3.91. The van der Waals surface area contributed by atoms with Crippen molar-refractivity contribution >= 4 is 23.2 Å². The summed E-state index contributed by atoms with van der Waals surface area (Å²) in [6.45, 7) is 9.65. The molecule has 0 unspecified atom stereocenters. The van der Waals surface area contributed by atoms with Gasteiger partial charge in [0, 0.05) is 43.5 Å². The van der Waals surface area contributed by atoms with Crippen LogP contribution in [0.4, 0.5) is 11.4 Å². The number of hydrogen-bond donors (Lipinski definition) is 2. The molecule has 2 amide bonds. The summed E-state index contributed by atoms with van der Waals surface area (Å²) in [7, 11) is 0. The van der Waals surface area contributed by atoms with Gasteiger partial charge in [-0.05, 0) is 57.0 Å². The number of rotatable bonds is 9. The molecule has 6 nitrogen and oxygen atoms in total. The Balaban J connectivity index is 1.71. The van der Waals surface area contributed by atoms with Gasteiger partial charge in [-0.25, -0.2) is 0 Å². The molecular formula is C22H34N4O2. The fraction of sp³-hybridized carbons (Fsp3) is 0.636. The molecule has 2 aliphatic rings. The van der Waals surface area contributed by atoms with Gasteiger partial charge in [-0.3, -0.25) is 9.59 Å². The van der Waals surface area contributed by atoms with Gasteiger partial charge in [-0.2, -0.15) is 0 Å². The quantitative estimate of drug-likeness (QED) is 0.684. The van der Waals surface area contributed by atoms with E-state index in [4.69, 9.17) is 0 Å². The molecule has 2 N–H and O–H groups in total. The van der Waals surface area contributed by atoms with Crippen LogP contribution in [-0.2, 0) is 4.79 Å². The van der Waals surface area contributed by atoms with Gasteiger partial charge in [0.1, 0.15) is 0 Å². The van der Waals surface area contributed by atoms with E-state index in [0.717, 1.165) is 70.5 Å². The van der Waals surface area contributed by atoms with Crippen molar-refractivity contribution in [2.75, 3.05) is 49.5 Å². The van der Waals surface area contributed by atoms with Crippen LogP contribution in [0.2, 0.25) is 0 Å². The zero-order valence-electron chi connectivity index (χ0n) is 17.3. The Morgan fingerprint density at radius 3 is 2.43 bits per heavy atom. The summed E-state index contributed by atoms with van der Waals surface area (Å²) in [5, 5.41) is 6.07. The van der Waals surface area contributed by atoms with Gasteiger partial charge in [0.15, 0.2) is 0 Å². The van der Waals surface area contributed by atoms with Crippen LogP contribution in [0.15, 0.2) is 18.2 Å². The topological polar surface area (TPSA) is 64.7 Å². The smallest absolute Gasteiger partial charge is 0.253 e. The van der Waals surface area contributed by atoms with Crippen molar-refractivity contribution in [3.8, 4) is 0 Å². The first-order valence-corrected chi connectivity index (χ1v) is 10.8. The van der Waals surface area contributed by atoms with Crippen molar-refractivity contribution in [2.45, 2.75) is 46.0 Å². The standard InChI is InChI=1S/C22H34N4O2/c1-3-25(4-2)15-12-23-22(28)19-16-18(24-21(27)17-8-7-9-17)10-11-20(19)26-13-5-6-14-26/h10-11,16-17H,3-9,12-15H2,1-2H3,(H,23,28)(H,24,27). The van der Waals surface area contributed by atoms with E-state index in [1.54, 1.807) is 0 Å². The molecule has 1 aliphatic heterocycles. The Bertz CT molecular complexity index is 677. The highest BCUT2D eigenvalue weighted by Crippen LogP contribution is 2.30. The van der Waals surface area contributed by atoms with Crippen molar-refractivity contribution in [1.82, 2.24) is 10.2 Å². The number of amides is 2. The maximum Gasteiger partial charge on any atom is 0.253 e. The molecule has 1 aliphatic carbocycles. The Hall–Kier alpha value is -2.08. The molecule has 0 atom stereocenters. The average molecular weight is 387 g/mol. The van der Waals surface area contributed by atoms with Crippen LogP contribution in [0.25, 0.3) is 0 Å². The monoisotopic (exact) mass is 386 g/mol. The van der Waals surface area contributed by atoms with Gasteiger partial charge in [-0.15, -0.1) is 0 Å². The van der Waals surface area contributed by atoms with Crippen LogP contribution in [0, 0.1) is 5.92 Å². The number of carbonyl (C=O) groups excluding carboxylic acids is 2. The second-order valence-electron chi connectivity index (χ2n) is 7.83. The van der Waals surface area contributed by atoms with Gasteiger partial charge in [0.25, 0.3) is 5.91 Å². The zero-order valence-corrected chi connectivity index (χ0v) is 17.3. The van der Waals surface area contributed by atoms with Crippen LogP contribution >= 0.6 is 0 Å². The minimum Gasteiger partial charge on any atom is -0.371 e. The number of likely N-dealkylation sites (N-methyl/N-ethyl adjacent to an activating group) is 1. The molecule has 1 aromatic rings. The minimum atomic E-state index is -0.0613. The Kier molecular flexibility index (Phi) is 7.31. The number of carbonyl (C=O) groups is 2. The molecule has 1 aromatic carbocycles. The van der Waals surface area contributed by atoms with E-state index in [2.05, 4.69) is 34.3 Å². The van der Waals surface area contributed by atoms with E-state index in [1.165, 1.54) is 0 Å². The van der Waals surface area contributed by atoms with E-state index in [9.17, 15) is 9.59 Å². The third-order valence-corrected chi connectivity index (χ3v) is 6.04. The Labute approximate surface area is 168 Å². The minimum absolute atomic E-state index is 0.0613. The average Bonchev–Trinajstić information content (AvgIpc) is 3.18. The van der Waals surface area contributed by atoms with Gasteiger partial charge in [-0.1, -0.05) is 20.3 Å². The summed E-state index contributed by atoms with van der Waals surface area (Å²) < 4.78 is 0. The highest BCUT2D eigenvalue weighted by molar-refractivity contribution is 6.02. The molecule has 28 heavy (non-hydrogen) atoms. The lowest BCUT2D eigenvalue weighted by Crippen LogP contribution is -2.35. The predicted octanol–water partition coefficient (Wildman–Crippen LogP) is 3.10. The molecule has 2 fully saturated rings. The van der Waals surface area contributed by atoms with Crippen molar-refractivity contribution in [3.05, 3.63) is 23.8 Å². The zero-order chi connectivity index (χ0) is 19.9. The van der Waals surface area contributed by atoms with E-state index < -0.39 is 0 Å². The summed E-state index contributed by atoms with van der Waals surface area (Å²) in [4.78, 5) is 29.8. The molecule has 1 saturated heterocycles. The summed E-state index contributed by atoms with van der Waals surface area (Å²) in [6, 6.07) is 5.76. The van der Waals surface area contributed by atoms with E-state index in [0.29, 0.717) is 17.8 Å². The lowest BCUT2D eigenvalue weighted by atomic mass is 9.85. The molecule has 0 aromatic heterocycles. The second-order valence-corrected chi connectivity index (χ2v) is 7.83. The first-order chi connectivity index (χ1) is 13.6. The number of nitrogens with zero attached hydrogens (tertiary/aromatic N) is 2. The van der Waals surface area contributed by atoms with Crippen molar-refractivity contribution in [2.24, 2.45) is 5.92 Å². The molecule has 0 radical (unpaired) electrons. The first kappa shape index (κ1) is 20.6. The SMILES string of the molecule is CCN(CC)CCNC(=O)c1cc(NC(=O)C2CCC2)ccc1N1CCCC1. The lowest BCUT2D eigenvalue weighted by Gasteiger charge is -2.25. The Morgan fingerprint density at radius 2 is 1.82 bits per heavy atom. The highest BCUT2D eigenvalue weighted by Gasteiger charge is 2.26. The highest BCUT2D eigenvalue weighted by atomic mass is 16.2. The fourth-order valence-corrected chi connectivity index (χ4v) is 3.91. The van der Waals surface area contributed by atoms with Crippen LogP contribution < -0.4 is 15.5 Å². The van der Waals surface area contributed by atoms with Gasteiger partial charge in [0.05, 0.1) is 5.56 Å². The normalized spacial score (nSPS) is 16.9. The molecular weight excluding hydrogens is 352 g/mol. The van der Waals surface area contributed by atoms with Gasteiger partial charge < -0.3 is 20.4 Å². The van der Waals surface area contributed by atoms with Gasteiger partial charge >= 0.3 is 0 Å². The predicted molar refractivity (Wildman–Crippen MR) is 114 cm³/mol. The third kappa shape index (κ3) is 5.04. The van der Waals surface area contributed by atoms with Crippen molar-refractivity contribution in [3.63, 3.8) is 0 Å². The number of benzene rings is 1. The van der Waals surface area contributed by atoms with E-state index in [-0.39, 0.29) is 17.7 Å². The summed E-state index contributed by atoms with van der Waals surface area (Å²) in [5.74, 6) is 0.145. The molecule has 154 valence electrons. The van der Waals surface area contributed by atoms with Crippen LogP contribution in [0.5, 0.6) is 0 Å². The summed E-state index contributed by atoms with van der Waals surface area (Å²) in [5.41, 5.74) is 2.35. The third-order valence-electron chi connectivity index (χ3n) is 6.04. The van der Waals surface area contributed by atoms with Crippen LogP contribution in [0.3, 0.4) is 0 Å². The van der Waals surface area contributed by atoms with Crippen LogP contribution in [-0.4, -0.2) is 56.0 Å². The molecule has 3 rings (SSSR count). The summed E-state index contributed by atoms with van der Waals surface area (Å²) in [6.07, 6.45) is 5.38. The Morgan fingerprint density at radius 1 is 1.11 bits per heavy atom. The molecule has 0 spiro atoms. The van der Waals surface area contributed by atoms with Gasteiger partial charge in [0.2, 0.25) is 5.91 Å². The maximum atomic E-state index is 13.0.